The molecule has 0 spiro atoms. The van der Waals surface area contributed by atoms with Crippen LogP contribution in [0.1, 0.15) is 44.6 Å². The average molecular weight is 435 g/mol. The number of imidazole rings is 1. The zero-order valence-corrected chi connectivity index (χ0v) is 19.5. The highest BCUT2D eigenvalue weighted by Crippen LogP contribution is 2.39. The number of carboxylic acid groups (broad SMARTS) is 1. The molecule has 6 heteroatoms. The highest BCUT2D eigenvalue weighted by atomic mass is 16.4. The molecule has 170 valence electrons. The molecule has 0 saturated carbocycles. The molecular weight excluding hydrogens is 400 g/mol. The number of carbonyl (C=O) groups is 1. The van der Waals surface area contributed by atoms with Gasteiger partial charge < -0.3 is 15.0 Å². The van der Waals surface area contributed by atoms with Gasteiger partial charge in [-0.1, -0.05) is 81.4 Å². The molecule has 0 radical (unpaired) electrons. The van der Waals surface area contributed by atoms with E-state index in [2.05, 4.69) is 42.8 Å². The minimum Gasteiger partial charge on any atom is -0.465 e. The maximum absolute atomic E-state index is 12.4. The lowest BCUT2D eigenvalue weighted by atomic mass is 9.84. The standard InChI is InChI=1S/C26H34N4O2/c1-26(2,3)23(30(25(31)32)17-11-16-27-4)24-28-22(21-14-9-6-10-15-21)19-29(24)18-20-12-7-5-8-13-20/h5-10,12-15,19,23,27H,11,16-18H2,1-4H3,(H,31,32)/t23-/m0/s1. The summed E-state index contributed by atoms with van der Waals surface area (Å²) in [6.07, 6.45) is 1.86. The minimum absolute atomic E-state index is 0.341. The summed E-state index contributed by atoms with van der Waals surface area (Å²) in [4.78, 5) is 18.9. The van der Waals surface area contributed by atoms with Crippen molar-refractivity contribution in [2.24, 2.45) is 5.41 Å². The molecule has 1 atom stereocenters. The summed E-state index contributed by atoms with van der Waals surface area (Å²) in [5, 5.41) is 13.2. The van der Waals surface area contributed by atoms with Gasteiger partial charge in [-0.15, -0.1) is 0 Å². The van der Waals surface area contributed by atoms with Crippen LogP contribution in [0, 0.1) is 5.41 Å². The number of nitrogens with zero attached hydrogens (tertiary/aromatic N) is 3. The highest BCUT2D eigenvalue weighted by molar-refractivity contribution is 5.66. The second-order valence-corrected chi connectivity index (χ2v) is 9.17. The van der Waals surface area contributed by atoms with Crippen molar-refractivity contribution in [3.05, 3.63) is 78.2 Å². The Kier molecular flexibility index (Phi) is 7.70. The number of rotatable bonds is 9. The Bertz CT molecular complexity index is 994. The van der Waals surface area contributed by atoms with Gasteiger partial charge in [0.1, 0.15) is 5.82 Å². The molecule has 0 fully saturated rings. The van der Waals surface area contributed by atoms with E-state index in [1.165, 1.54) is 0 Å². The highest BCUT2D eigenvalue weighted by Gasteiger charge is 2.38. The first-order valence-corrected chi connectivity index (χ1v) is 11.1. The van der Waals surface area contributed by atoms with Crippen LogP contribution in [0.2, 0.25) is 0 Å². The molecule has 0 aliphatic rings. The third-order valence-corrected chi connectivity index (χ3v) is 5.52. The lowest BCUT2D eigenvalue weighted by Gasteiger charge is -2.38. The fourth-order valence-electron chi connectivity index (χ4n) is 4.06. The normalized spacial score (nSPS) is 12.5. The van der Waals surface area contributed by atoms with Crippen LogP contribution in [-0.4, -0.2) is 45.8 Å². The van der Waals surface area contributed by atoms with E-state index in [1.807, 2.05) is 61.8 Å². The van der Waals surface area contributed by atoms with Crippen molar-refractivity contribution >= 4 is 6.09 Å². The summed E-state index contributed by atoms with van der Waals surface area (Å²) in [6.45, 7) is 8.07. The molecule has 1 amide bonds. The van der Waals surface area contributed by atoms with Crippen molar-refractivity contribution < 1.29 is 9.90 Å². The summed E-state index contributed by atoms with van der Waals surface area (Å²) in [5.41, 5.74) is 2.68. The largest absolute Gasteiger partial charge is 0.465 e. The van der Waals surface area contributed by atoms with Gasteiger partial charge >= 0.3 is 6.09 Å². The van der Waals surface area contributed by atoms with Crippen molar-refractivity contribution in [3.8, 4) is 11.3 Å². The molecule has 6 nitrogen and oxygen atoms in total. The number of hydrogen-bond acceptors (Lipinski definition) is 3. The van der Waals surface area contributed by atoms with Crippen molar-refractivity contribution in [2.45, 2.75) is 39.8 Å². The molecule has 0 aliphatic carbocycles. The van der Waals surface area contributed by atoms with Crippen molar-refractivity contribution in [2.75, 3.05) is 20.1 Å². The van der Waals surface area contributed by atoms with E-state index in [-0.39, 0.29) is 5.41 Å². The fraction of sp³-hybridized carbons (Fsp3) is 0.385. The molecule has 3 aromatic rings. The van der Waals surface area contributed by atoms with Crippen LogP contribution in [0.4, 0.5) is 4.79 Å². The van der Waals surface area contributed by atoms with Crippen LogP contribution < -0.4 is 5.32 Å². The lowest BCUT2D eigenvalue weighted by molar-refractivity contribution is 0.0752. The second kappa shape index (κ2) is 10.5. The summed E-state index contributed by atoms with van der Waals surface area (Å²) in [5.74, 6) is 0.770. The Morgan fingerprint density at radius 3 is 2.28 bits per heavy atom. The first-order valence-electron chi connectivity index (χ1n) is 11.1. The summed E-state index contributed by atoms with van der Waals surface area (Å²) < 4.78 is 2.11. The average Bonchev–Trinajstić information content (AvgIpc) is 3.16. The maximum atomic E-state index is 12.4. The van der Waals surface area contributed by atoms with Crippen LogP contribution in [0.15, 0.2) is 66.9 Å². The van der Waals surface area contributed by atoms with Crippen molar-refractivity contribution in [3.63, 3.8) is 0 Å². The van der Waals surface area contributed by atoms with Crippen LogP contribution in [0.25, 0.3) is 11.3 Å². The summed E-state index contributed by atoms with van der Waals surface area (Å²) in [6, 6.07) is 19.9. The summed E-state index contributed by atoms with van der Waals surface area (Å²) in [7, 11) is 1.88. The van der Waals surface area contributed by atoms with Gasteiger partial charge in [0.15, 0.2) is 0 Å². The quantitative estimate of drug-likeness (QED) is 0.450. The number of hydrogen-bond donors (Lipinski definition) is 2. The van der Waals surface area contributed by atoms with E-state index in [9.17, 15) is 9.90 Å². The summed E-state index contributed by atoms with van der Waals surface area (Å²) >= 11 is 0. The first-order chi connectivity index (χ1) is 15.3. The molecule has 0 saturated heterocycles. The molecular formula is C26H34N4O2. The van der Waals surface area contributed by atoms with Gasteiger partial charge in [0.25, 0.3) is 0 Å². The Morgan fingerprint density at radius 1 is 1.09 bits per heavy atom. The van der Waals surface area contributed by atoms with Gasteiger partial charge in [-0.05, 0) is 31.0 Å². The molecule has 1 aromatic heterocycles. The SMILES string of the molecule is CNCCCN(C(=O)O)[C@@H](c1nc(-c2ccccc2)cn1Cc1ccccc1)C(C)(C)C. The molecule has 0 bridgehead atoms. The lowest BCUT2D eigenvalue weighted by Crippen LogP contribution is -2.43. The molecule has 2 aromatic carbocycles. The molecule has 0 unspecified atom stereocenters. The molecule has 32 heavy (non-hydrogen) atoms. The van der Waals surface area contributed by atoms with Gasteiger partial charge in [-0.25, -0.2) is 9.78 Å². The number of amides is 1. The van der Waals surface area contributed by atoms with Crippen molar-refractivity contribution in [1.82, 2.24) is 19.8 Å². The smallest absolute Gasteiger partial charge is 0.407 e. The molecule has 2 N–H and O–H groups in total. The predicted octanol–water partition coefficient (Wildman–Crippen LogP) is 5.28. The van der Waals surface area contributed by atoms with Crippen LogP contribution >= 0.6 is 0 Å². The van der Waals surface area contributed by atoms with Crippen LogP contribution in [-0.2, 0) is 6.54 Å². The van der Waals surface area contributed by atoms with E-state index in [0.29, 0.717) is 13.1 Å². The van der Waals surface area contributed by atoms with Crippen LogP contribution in [0.5, 0.6) is 0 Å². The van der Waals surface area contributed by atoms with Gasteiger partial charge in [-0.3, -0.25) is 4.90 Å². The minimum atomic E-state index is -0.920. The Balaban J connectivity index is 2.10. The Morgan fingerprint density at radius 2 is 1.72 bits per heavy atom. The Labute approximate surface area is 190 Å². The van der Waals surface area contributed by atoms with E-state index in [1.54, 1.807) is 4.90 Å². The maximum Gasteiger partial charge on any atom is 0.407 e. The second-order valence-electron chi connectivity index (χ2n) is 9.17. The van der Waals surface area contributed by atoms with Crippen molar-refractivity contribution in [1.29, 1.82) is 0 Å². The Hall–Kier alpha value is -3.12. The predicted molar refractivity (Wildman–Crippen MR) is 129 cm³/mol. The van der Waals surface area contributed by atoms with E-state index in [4.69, 9.17) is 4.98 Å². The van der Waals surface area contributed by atoms with E-state index in [0.717, 1.165) is 35.6 Å². The molecule has 1 heterocycles. The van der Waals surface area contributed by atoms with Crippen LogP contribution in [0.3, 0.4) is 0 Å². The van der Waals surface area contributed by atoms with Gasteiger partial charge in [0.05, 0.1) is 11.7 Å². The number of benzene rings is 2. The topological polar surface area (TPSA) is 70.4 Å². The zero-order valence-electron chi connectivity index (χ0n) is 19.5. The monoisotopic (exact) mass is 434 g/mol. The fourth-order valence-corrected chi connectivity index (χ4v) is 4.06. The first kappa shape index (κ1) is 23.5. The molecule has 0 aliphatic heterocycles. The number of aromatic nitrogens is 2. The van der Waals surface area contributed by atoms with Gasteiger partial charge in [0.2, 0.25) is 0 Å². The van der Waals surface area contributed by atoms with E-state index >= 15 is 0 Å². The molecule has 3 rings (SSSR count). The third-order valence-electron chi connectivity index (χ3n) is 5.52. The number of nitrogens with one attached hydrogen (secondary N) is 1. The van der Waals surface area contributed by atoms with Gasteiger partial charge in [-0.2, -0.15) is 0 Å². The third kappa shape index (κ3) is 5.77. The van der Waals surface area contributed by atoms with E-state index < -0.39 is 12.1 Å². The van der Waals surface area contributed by atoms with Gasteiger partial charge in [0, 0.05) is 24.8 Å². The zero-order chi connectivity index (χ0) is 23.1.